The molecule has 0 unspecified atom stereocenters. The quantitative estimate of drug-likeness (QED) is 0.212. The van der Waals surface area contributed by atoms with Gasteiger partial charge in [-0.3, -0.25) is 9.36 Å². The van der Waals surface area contributed by atoms with Crippen LogP contribution in [0, 0.1) is 6.92 Å². The van der Waals surface area contributed by atoms with Crippen molar-refractivity contribution in [2.24, 2.45) is 0 Å². The summed E-state index contributed by atoms with van der Waals surface area (Å²) in [5, 5.41) is 0. The Kier molecular flexibility index (Phi) is 8.92. The summed E-state index contributed by atoms with van der Waals surface area (Å²) in [7, 11) is 1.32. The van der Waals surface area contributed by atoms with E-state index in [2.05, 4.69) is 4.98 Å². The summed E-state index contributed by atoms with van der Waals surface area (Å²) < 4.78 is 30.5. The maximum absolute atomic E-state index is 13.3. The Balaban J connectivity index is 1.54. The highest BCUT2D eigenvalue weighted by molar-refractivity contribution is 5.91. The molecular weight excluding hydrogens is 556 g/mol. The predicted molar refractivity (Wildman–Crippen MR) is 152 cm³/mol. The van der Waals surface area contributed by atoms with Crippen LogP contribution in [0.15, 0.2) is 102 Å². The molecule has 0 amide bonds. The van der Waals surface area contributed by atoms with Gasteiger partial charge in [0.2, 0.25) is 0 Å². The summed E-state index contributed by atoms with van der Waals surface area (Å²) in [5.41, 5.74) is 0.622. The SMILES string of the molecule is COc1nc(=O)cc(C)n1[C@@H]1O[C@H](COC(=O)c2ccccc2)[C@@H](OC(=O)c2ccccc2)[C@H]1OC(=O)c1ccccc1. The molecule has 11 heteroatoms. The van der Waals surface area contributed by atoms with Crippen LogP contribution in [-0.4, -0.2) is 59.5 Å². The lowest BCUT2D eigenvalue weighted by molar-refractivity contribution is -0.0660. The molecule has 1 fully saturated rings. The van der Waals surface area contributed by atoms with Gasteiger partial charge in [-0.05, 0) is 43.3 Å². The molecule has 0 aliphatic carbocycles. The summed E-state index contributed by atoms with van der Waals surface area (Å²) >= 11 is 0. The van der Waals surface area contributed by atoms with Crippen LogP contribution in [0.5, 0.6) is 6.01 Å². The molecule has 0 spiro atoms. The van der Waals surface area contributed by atoms with Gasteiger partial charge in [-0.25, -0.2) is 14.4 Å². The number of aryl methyl sites for hydroxylation is 1. The summed E-state index contributed by atoms with van der Waals surface area (Å²) in [6.45, 7) is 1.27. The molecule has 1 aliphatic heterocycles. The lowest BCUT2D eigenvalue weighted by Crippen LogP contribution is -2.41. The second-order valence-electron chi connectivity index (χ2n) is 9.59. The molecule has 0 radical (unpaired) electrons. The molecule has 43 heavy (non-hydrogen) atoms. The zero-order valence-electron chi connectivity index (χ0n) is 23.3. The van der Waals surface area contributed by atoms with Crippen LogP contribution in [0.2, 0.25) is 0 Å². The molecule has 4 atom stereocenters. The van der Waals surface area contributed by atoms with Gasteiger partial charge in [0.05, 0.1) is 23.8 Å². The summed E-state index contributed by atoms with van der Waals surface area (Å²) in [5.74, 6) is -2.05. The fourth-order valence-corrected chi connectivity index (χ4v) is 4.70. The van der Waals surface area contributed by atoms with Crippen molar-refractivity contribution in [2.45, 2.75) is 31.5 Å². The molecular formula is C32H28N2O9. The van der Waals surface area contributed by atoms with E-state index in [1.54, 1.807) is 97.9 Å². The molecule has 3 aromatic carbocycles. The van der Waals surface area contributed by atoms with Crippen molar-refractivity contribution < 1.29 is 38.1 Å². The summed E-state index contributed by atoms with van der Waals surface area (Å²) in [6, 6.07) is 26.0. The average molecular weight is 585 g/mol. The number of carbonyl (C=O) groups excluding carboxylic acids is 3. The molecule has 1 saturated heterocycles. The van der Waals surface area contributed by atoms with Gasteiger partial charge in [0, 0.05) is 11.8 Å². The molecule has 220 valence electrons. The first kappa shape index (κ1) is 29.2. The molecule has 0 bridgehead atoms. The van der Waals surface area contributed by atoms with Crippen LogP contribution in [0.4, 0.5) is 0 Å². The van der Waals surface area contributed by atoms with Crippen molar-refractivity contribution in [1.82, 2.24) is 9.55 Å². The Morgan fingerprint density at radius 1 is 0.767 bits per heavy atom. The Morgan fingerprint density at radius 3 is 1.77 bits per heavy atom. The van der Waals surface area contributed by atoms with Gasteiger partial charge >= 0.3 is 23.9 Å². The summed E-state index contributed by atoms with van der Waals surface area (Å²) in [4.78, 5) is 55.5. The van der Waals surface area contributed by atoms with Gasteiger partial charge in [-0.2, -0.15) is 4.98 Å². The fraction of sp³-hybridized carbons (Fsp3) is 0.219. The van der Waals surface area contributed by atoms with E-state index in [1.165, 1.54) is 17.7 Å². The number of benzene rings is 3. The first-order valence-corrected chi connectivity index (χ1v) is 13.4. The standard InChI is InChI=1S/C32H28N2O9/c1-20-18-25(35)33-32(39-2)34(20)28-27(43-31(38)23-16-10-5-11-17-23)26(42-30(37)22-14-8-4-9-15-22)24(41-28)19-40-29(36)21-12-6-3-7-13-21/h3-18,24,26-28H,19H2,1-2H3/t24-,26-,27-,28-/m1/s1. The van der Waals surface area contributed by atoms with E-state index in [0.717, 1.165) is 0 Å². The Morgan fingerprint density at radius 2 is 1.26 bits per heavy atom. The van der Waals surface area contributed by atoms with Gasteiger partial charge in [0.1, 0.15) is 12.7 Å². The molecule has 1 aromatic heterocycles. The normalized spacial score (nSPS) is 19.3. The van der Waals surface area contributed by atoms with Crippen molar-refractivity contribution in [3.05, 3.63) is 130 Å². The number of hydrogen-bond acceptors (Lipinski definition) is 10. The minimum absolute atomic E-state index is 0.120. The van der Waals surface area contributed by atoms with Crippen molar-refractivity contribution >= 4 is 17.9 Å². The average Bonchev–Trinajstić information content (AvgIpc) is 3.36. The molecule has 2 heterocycles. The van der Waals surface area contributed by atoms with Crippen molar-refractivity contribution in [3.63, 3.8) is 0 Å². The van der Waals surface area contributed by atoms with Gasteiger partial charge in [0.15, 0.2) is 18.4 Å². The van der Waals surface area contributed by atoms with Gasteiger partial charge in [-0.1, -0.05) is 54.6 Å². The third kappa shape index (κ3) is 6.62. The zero-order chi connectivity index (χ0) is 30.3. The van der Waals surface area contributed by atoms with E-state index >= 15 is 0 Å². The van der Waals surface area contributed by atoms with Crippen LogP contribution < -0.4 is 10.3 Å². The third-order valence-corrected chi connectivity index (χ3v) is 6.74. The first-order chi connectivity index (χ1) is 20.9. The van der Waals surface area contributed by atoms with Crippen molar-refractivity contribution in [3.8, 4) is 6.01 Å². The van der Waals surface area contributed by atoms with Crippen LogP contribution in [0.1, 0.15) is 43.0 Å². The molecule has 5 rings (SSSR count). The molecule has 1 aliphatic rings. The van der Waals surface area contributed by atoms with Gasteiger partial charge in [-0.15, -0.1) is 0 Å². The van der Waals surface area contributed by atoms with Crippen molar-refractivity contribution in [2.75, 3.05) is 13.7 Å². The topological polar surface area (TPSA) is 132 Å². The van der Waals surface area contributed by atoms with Crippen molar-refractivity contribution in [1.29, 1.82) is 0 Å². The van der Waals surface area contributed by atoms with Crippen LogP contribution >= 0.6 is 0 Å². The maximum atomic E-state index is 13.3. The lowest BCUT2D eigenvalue weighted by Gasteiger charge is -2.27. The van der Waals surface area contributed by atoms with Gasteiger partial charge in [0.25, 0.3) is 5.56 Å². The molecule has 0 saturated carbocycles. The first-order valence-electron chi connectivity index (χ1n) is 13.4. The number of aromatic nitrogens is 2. The molecule has 11 nitrogen and oxygen atoms in total. The third-order valence-electron chi connectivity index (χ3n) is 6.74. The number of esters is 3. The summed E-state index contributed by atoms with van der Waals surface area (Å²) in [6.07, 6.45) is -4.82. The van der Waals surface area contributed by atoms with Gasteiger partial charge < -0.3 is 23.7 Å². The van der Waals surface area contributed by atoms with E-state index in [1.807, 2.05) is 0 Å². The number of hydrogen-bond donors (Lipinski definition) is 0. The smallest absolute Gasteiger partial charge is 0.338 e. The molecule has 4 aromatic rings. The van der Waals surface area contributed by atoms with E-state index in [4.69, 9.17) is 23.7 Å². The Hall–Kier alpha value is -5.29. The minimum Gasteiger partial charge on any atom is -0.468 e. The minimum atomic E-state index is -1.28. The second-order valence-corrected chi connectivity index (χ2v) is 9.59. The van der Waals surface area contributed by atoms with Crippen LogP contribution in [0.25, 0.3) is 0 Å². The number of nitrogens with zero attached hydrogens (tertiary/aromatic N) is 2. The Labute approximate surface area is 246 Å². The fourth-order valence-electron chi connectivity index (χ4n) is 4.70. The highest BCUT2D eigenvalue weighted by Crippen LogP contribution is 2.37. The van der Waals surface area contributed by atoms with Crippen LogP contribution in [0.3, 0.4) is 0 Å². The number of rotatable bonds is 9. The highest BCUT2D eigenvalue weighted by atomic mass is 16.7. The predicted octanol–water partition coefficient (Wildman–Crippen LogP) is 3.77. The second kappa shape index (κ2) is 13.1. The van der Waals surface area contributed by atoms with E-state index in [9.17, 15) is 19.2 Å². The van der Waals surface area contributed by atoms with E-state index in [-0.39, 0.29) is 23.7 Å². The van der Waals surface area contributed by atoms with Crippen LogP contribution in [-0.2, 0) is 18.9 Å². The van der Waals surface area contributed by atoms with E-state index in [0.29, 0.717) is 11.3 Å². The largest absolute Gasteiger partial charge is 0.468 e. The lowest BCUT2D eigenvalue weighted by atomic mass is 10.1. The zero-order valence-corrected chi connectivity index (χ0v) is 23.3. The number of methoxy groups -OCH3 is 1. The van der Waals surface area contributed by atoms with E-state index < -0.39 is 48.0 Å². The number of carbonyl (C=O) groups is 3. The monoisotopic (exact) mass is 584 g/mol. The maximum Gasteiger partial charge on any atom is 0.338 e. The molecule has 0 N–H and O–H groups in total. The highest BCUT2D eigenvalue weighted by Gasteiger charge is 2.52. The number of ether oxygens (including phenoxy) is 5. The Bertz CT molecular complexity index is 1640.